The van der Waals surface area contributed by atoms with Crippen LogP contribution >= 0.6 is 0 Å². The van der Waals surface area contributed by atoms with Crippen molar-refractivity contribution in [3.8, 4) is 0 Å². The van der Waals surface area contributed by atoms with E-state index in [1.54, 1.807) is 0 Å². The molecule has 0 bridgehead atoms. The standard InChI is InChI=1S/C30H34O4/c31-28(19-11-4-12-20-29(32)33)27-21-23(27)22-34-30(24-13-5-1-6-14-24,25-15-7-2-8-16-25)26-17-9-3-10-18-26/h1-3,5-10,13-18,23,27-28,31H,4,11-12,19-22H2,(H,32,33)/t23-,27+,28+/m0/s1. The molecular weight excluding hydrogens is 424 g/mol. The van der Waals surface area contributed by atoms with E-state index in [1.165, 1.54) is 0 Å². The second-order valence-corrected chi connectivity index (χ2v) is 9.31. The van der Waals surface area contributed by atoms with Crippen LogP contribution in [0.4, 0.5) is 0 Å². The Kier molecular flexibility index (Phi) is 8.15. The quantitative estimate of drug-likeness (QED) is 0.243. The van der Waals surface area contributed by atoms with Crippen LogP contribution in [0.2, 0.25) is 0 Å². The van der Waals surface area contributed by atoms with Gasteiger partial charge in [0.2, 0.25) is 0 Å². The lowest BCUT2D eigenvalue weighted by atomic mass is 9.80. The van der Waals surface area contributed by atoms with E-state index in [1.807, 2.05) is 54.6 Å². The molecule has 34 heavy (non-hydrogen) atoms. The van der Waals surface area contributed by atoms with Gasteiger partial charge in [0.1, 0.15) is 5.60 Å². The number of rotatable bonds is 13. The van der Waals surface area contributed by atoms with E-state index in [9.17, 15) is 9.90 Å². The van der Waals surface area contributed by atoms with Crippen molar-refractivity contribution in [2.75, 3.05) is 6.61 Å². The first kappa shape index (κ1) is 24.2. The third-order valence-corrected chi connectivity index (χ3v) is 6.92. The third-order valence-electron chi connectivity index (χ3n) is 6.92. The maximum Gasteiger partial charge on any atom is 0.303 e. The molecule has 0 heterocycles. The summed E-state index contributed by atoms with van der Waals surface area (Å²) in [6, 6.07) is 31.1. The topological polar surface area (TPSA) is 66.8 Å². The normalized spacial score (nSPS) is 18.4. The van der Waals surface area contributed by atoms with Crippen LogP contribution in [0.15, 0.2) is 91.0 Å². The molecule has 2 N–H and O–H groups in total. The van der Waals surface area contributed by atoms with Crippen molar-refractivity contribution in [2.45, 2.75) is 50.2 Å². The van der Waals surface area contributed by atoms with E-state index in [-0.39, 0.29) is 18.4 Å². The van der Waals surface area contributed by atoms with Crippen LogP contribution in [0, 0.1) is 11.8 Å². The lowest BCUT2D eigenvalue weighted by Crippen LogP contribution is -2.34. The minimum Gasteiger partial charge on any atom is -0.481 e. The van der Waals surface area contributed by atoms with Gasteiger partial charge in [0.15, 0.2) is 0 Å². The number of carboxylic acid groups (broad SMARTS) is 1. The second kappa shape index (κ2) is 11.5. The molecule has 1 aliphatic carbocycles. The smallest absolute Gasteiger partial charge is 0.303 e. The summed E-state index contributed by atoms with van der Waals surface area (Å²) in [6.45, 7) is 0.569. The van der Waals surface area contributed by atoms with Gasteiger partial charge in [0, 0.05) is 6.42 Å². The maximum atomic E-state index is 10.7. The van der Waals surface area contributed by atoms with Gasteiger partial charge in [-0.15, -0.1) is 0 Å². The van der Waals surface area contributed by atoms with Crippen LogP contribution < -0.4 is 0 Å². The first-order valence-corrected chi connectivity index (χ1v) is 12.3. The van der Waals surface area contributed by atoms with E-state index in [0.717, 1.165) is 42.4 Å². The summed E-state index contributed by atoms with van der Waals surface area (Å²) in [5, 5.41) is 19.4. The summed E-state index contributed by atoms with van der Waals surface area (Å²) in [5.74, 6) is -0.178. The van der Waals surface area contributed by atoms with Crippen LogP contribution in [0.25, 0.3) is 0 Å². The Hall–Kier alpha value is -2.95. The monoisotopic (exact) mass is 458 g/mol. The van der Waals surface area contributed by atoms with Gasteiger partial charge < -0.3 is 14.9 Å². The van der Waals surface area contributed by atoms with E-state index in [2.05, 4.69) is 36.4 Å². The Morgan fingerprint density at radius 1 is 0.824 bits per heavy atom. The largest absolute Gasteiger partial charge is 0.481 e. The maximum absolute atomic E-state index is 10.7. The molecular formula is C30H34O4. The molecule has 4 heteroatoms. The average molecular weight is 459 g/mol. The van der Waals surface area contributed by atoms with Gasteiger partial charge in [0.05, 0.1) is 12.7 Å². The number of carbonyl (C=O) groups is 1. The molecule has 0 radical (unpaired) electrons. The Morgan fingerprint density at radius 2 is 1.32 bits per heavy atom. The van der Waals surface area contributed by atoms with Crippen molar-refractivity contribution in [3.63, 3.8) is 0 Å². The first-order valence-electron chi connectivity index (χ1n) is 12.3. The van der Waals surface area contributed by atoms with Gasteiger partial charge in [0.25, 0.3) is 0 Å². The first-order chi connectivity index (χ1) is 16.6. The molecule has 3 atom stereocenters. The van der Waals surface area contributed by atoms with Gasteiger partial charge in [-0.05, 0) is 47.8 Å². The highest BCUT2D eigenvalue weighted by molar-refractivity contribution is 5.66. The van der Waals surface area contributed by atoms with E-state index < -0.39 is 11.6 Å². The lowest BCUT2D eigenvalue weighted by molar-refractivity contribution is -0.137. The van der Waals surface area contributed by atoms with Crippen LogP contribution in [-0.4, -0.2) is 28.9 Å². The molecule has 0 aliphatic heterocycles. The van der Waals surface area contributed by atoms with Crippen molar-refractivity contribution in [1.29, 1.82) is 0 Å². The fraction of sp³-hybridized carbons (Fsp3) is 0.367. The predicted molar refractivity (Wildman–Crippen MR) is 133 cm³/mol. The van der Waals surface area contributed by atoms with Crippen LogP contribution in [0.3, 0.4) is 0 Å². The SMILES string of the molecule is O=C(O)CCCCC[C@@H](O)[C@@H]1C[C@H]1COC(c1ccccc1)(c1ccccc1)c1ccccc1. The molecule has 1 saturated carbocycles. The fourth-order valence-electron chi connectivity index (χ4n) is 4.96. The average Bonchev–Trinajstić information content (AvgIpc) is 3.66. The highest BCUT2D eigenvalue weighted by Gasteiger charge is 2.45. The Morgan fingerprint density at radius 3 is 1.79 bits per heavy atom. The van der Waals surface area contributed by atoms with Crippen LogP contribution in [0.1, 0.15) is 55.2 Å². The fourth-order valence-corrected chi connectivity index (χ4v) is 4.96. The number of ether oxygens (including phenoxy) is 1. The summed E-state index contributed by atoms with van der Waals surface area (Å²) < 4.78 is 6.89. The number of unbranched alkanes of at least 4 members (excludes halogenated alkanes) is 2. The molecule has 0 spiro atoms. The van der Waals surface area contributed by atoms with Crippen LogP contribution in [-0.2, 0) is 15.1 Å². The number of aliphatic carboxylic acids is 1. The van der Waals surface area contributed by atoms with E-state index in [0.29, 0.717) is 18.9 Å². The van der Waals surface area contributed by atoms with Gasteiger partial charge in [-0.2, -0.15) is 0 Å². The third kappa shape index (κ3) is 5.75. The Labute approximate surface area is 202 Å². The molecule has 3 aromatic rings. The predicted octanol–water partition coefficient (Wildman–Crippen LogP) is 6.03. The van der Waals surface area contributed by atoms with Crippen LogP contribution in [0.5, 0.6) is 0 Å². The summed E-state index contributed by atoms with van der Waals surface area (Å²) in [7, 11) is 0. The highest BCUT2D eigenvalue weighted by atomic mass is 16.5. The van der Waals surface area contributed by atoms with Gasteiger partial charge in [-0.3, -0.25) is 4.79 Å². The summed E-state index contributed by atoms with van der Waals surface area (Å²) in [6.07, 6.45) is 3.92. The van der Waals surface area contributed by atoms with Crippen molar-refractivity contribution >= 4 is 5.97 Å². The molecule has 0 unspecified atom stereocenters. The van der Waals surface area contributed by atoms with E-state index >= 15 is 0 Å². The molecule has 1 fully saturated rings. The summed E-state index contributed by atoms with van der Waals surface area (Å²) in [4.78, 5) is 10.7. The molecule has 1 aliphatic rings. The Balaban J connectivity index is 1.48. The molecule has 3 aromatic carbocycles. The van der Waals surface area contributed by atoms with Gasteiger partial charge >= 0.3 is 5.97 Å². The lowest BCUT2D eigenvalue weighted by Gasteiger charge is -2.36. The molecule has 0 amide bonds. The minimum atomic E-state index is -0.751. The molecule has 0 saturated heterocycles. The zero-order valence-electron chi connectivity index (χ0n) is 19.6. The Bertz CT molecular complexity index is 923. The van der Waals surface area contributed by atoms with Gasteiger partial charge in [-0.25, -0.2) is 0 Å². The molecule has 178 valence electrons. The highest BCUT2D eigenvalue weighted by Crippen LogP contribution is 2.47. The van der Waals surface area contributed by atoms with Crippen molar-refractivity contribution in [2.24, 2.45) is 11.8 Å². The summed E-state index contributed by atoms with van der Waals surface area (Å²) in [5.41, 5.74) is 2.54. The zero-order valence-corrected chi connectivity index (χ0v) is 19.6. The number of benzene rings is 3. The van der Waals surface area contributed by atoms with E-state index in [4.69, 9.17) is 9.84 Å². The minimum absolute atomic E-state index is 0.205. The zero-order chi connectivity index (χ0) is 23.8. The second-order valence-electron chi connectivity index (χ2n) is 9.31. The van der Waals surface area contributed by atoms with Crippen molar-refractivity contribution in [1.82, 2.24) is 0 Å². The van der Waals surface area contributed by atoms with Gasteiger partial charge in [-0.1, -0.05) is 104 Å². The number of aliphatic hydroxyl groups is 1. The molecule has 0 aromatic heterocycles. The number of hydrogen-bond acceptors (Lipinski definition) is 3. The number of carboxylic acids is 1. The molecule has 4 nitrogen and oxygen atoms in total. The van der Waals surface area contributed by atoms with Crippen molar-refractivity contribution in [3.05, 3.63) is 108 Å². The van der Waals surface area contributed by atoms with Crippen molar-refractivity contribution < 1.29 is 19.7 Å². The molecule has 4 rings (SSSR count). The number of hydrogen-bond donors (Lipinski definition) is 2. The number of aliphatic hydroxyl groups excluding tert-OH is 1. The summed E-state index contributed by atoms with van der Waals surface area (Å²) >= 11 is 0.